The first-order valence-electron chi connectivity index (χ1n) is 14.1. The molecule has 3 amide bonds. The number of urea groups is 1. The summed E-state index contributed by atoms with van der Waals surface area (Å²) >= 11 is 0. The van der Waals surface area contributed by atoms with Gasteiger partial charge in [-0.05, 0) is 79.5 Å². The fraction of sp³-hybridized carbons (Fsp3) is 0.533. The van der Waals surface area contributed by atoms with E-state index in [-0.39, 0.29) is 29.5 Å². The van der Waals surface area contributed by atoms with Crippen LogP contribution in [-0.2, 0) is 17.8 Å². The average Bonchev–Trinajstić information content (AvgIpc) is 3.58. The first-order chi connectivity index (χ1) is 18.8. The van der Waals surface area contributed by atoms with Crippen LogP contribution in [0.2, 0.25) is 0 Å². The van der Waals surface area contributed by atoms with Crippen LogP contribution in [0.15, 0.2) is 36.4 Å². The molecule has 1 aliphatic carbocycles. The van der Waals surface area contributed by atoms with Gasteiger partial charge in [0.05, 0.1) is 6.10 Å². The molecule has 0 radical (unpaired) electrons. The largest absolute Gasteiger partial charge is 0.508 e. The van der Waals surface area contributed by atoms with Crippen molar-refractivity contribution in [3.05, 3.63) is 58.7 Å². The van der Waals surface area contributed by atoms with Gasteiger partial charge in [0.15, 0.2) is 0 Å². The molecule has 39 heavy (non-hydrogen) atoms. The molecule has 3 aliphatic rings. The van der Waals surface area contributed by atoms with Gasteiger partial charge in [0.25, 0.3) is 5.91 Å². The van der Waals surface area contributed by atoms with Crippen molar-refractivity contribution in [2.75, 3.05) is 45.9 Å². The van der Waals surface area contributed by atoms with Crippen molar-refractivity contribution in [3.63, 3.8) is 0 Å². The smallest absolute Gasteiger partial charge is 0.317 e. The van der Waals surface area contributed by atoms with Gasteiger partial charge in [-0.2, -0.15) is 0 Å². The molecule has 1 unspecified atom stereocenters. The van der Waals surface area contributed by atoms with E-state index in [1.54, 1.807) is 12.1 Å². The molecule has 2 aliphatic heterocycles. The van der Waals surface area contributed by atoms with Crippen molar-refractivity contribution in [2.45, 2.75) is 51.8 Å². The summed E-state index contributed by atoms with van der Waals surface area (Å²) in [5.74, 6) is 0.776. The zero-order valence-corrected chi connectivity index (χ0v) is 22.8. The second-order valence-electron chi connectivity index (χ2n) is 11.2. The van der Waals surface area contributed by atoms with Crippen LogP contribution in [0.4, 0.5) is 4.79 Å². The van der Waals surface area contributed by atoms with Crippen LogP contribution in [-0.4, -0.2) is 88.8 Å². The summed E-state index contributed by atoms with van der Waals surface area (Å²) in [7, 11) is 0. The second-order valence-corrected chi connectivity index (χ2v) is 11.2. The lowest BCUT2D eigenvalue weighted by atomic mass is 10.0. The number of phenols is 2. The number of aromatic hydroxyl groups is 2. The van der Waals surface area contributed by atoms with E-state index in [0.717, 1.165) is 42.7 Å². The molecule has 0 bridgehead atoms. The Hall–Kier alpha value is -3.30. The number of benzene rings is 2. The van der Waals surface area contributed by atoms with Crippen LogP contribution < -0.4 is 5.32 Å². The standard InChI is InChI=1S/C30H40N4O5/c1-21-13-24(29(37)34(19-22-4-5-22)20-28-3-2-12-39-28)6-7-25(21)17-31-30(38)33-10-8-32(9-11-33)18-23-14-26(35)16-27(36)15-23/h6-7,13-16,22,28,35-36H,2-5,8-12,17-20H2,1H3,(H,31,38). The van der Waals surface area contributed by atoms with E-state index in [2.05, 4.69) is 10.2 Å². The molecule has 2 aromatic rings. The van der Waals surface area contributed by atoms with E-state index in [1.807, 2.05) is 34.9 Å². The van der Waals surface area contributed by atoms with E-state index in [9.17, 15) is 19.8 Å². The minimum absolute atomic E-state index is 0.0463. The lowest BCUT2D eigenvalue weighted by Gasteiger charge is -2.34. The Balaban J connectivity index is 1.10. The molecule has 1 saturated carbocycles. The Bertz CT molecular complexity index is 1150. The zero-order valence-electron chi connectivity index (χ0n) is 22.8. The molecule has 3 fully saturated rings. The topological polar surface area (TPSA) is 106 Å². The van der Waals surface area contributed by atoms with Gasteiger partial charge in [-0.3, -0.25) is 9.69 Å². The van der Waals surface area contributed by atoms with Gasteiger partial charge in [0.2, 0.25) is 0 Å². The summed E-state index contributed by atoms with van der Waals surface area (Å²) in [6.07, 6.45) is 4.62. The predicted molar refractivity (Wildman–Crippen MR) is 148 cm³/mol. The number of nitrogens with one attached hydrogen (secondary N) is 1. The molecule has 3 N–H and O–H groups in total. The number of aryl methyl sites for hydroxylation is 1. The minimum atomic E-state index is -0.101. The maximum Gasteiger partial charge on any atom is 0.317 e. The predicted octanol–water partition coefficient (Wildman–Crippen LogP) is 3.46. The number of hydrogen-bond donors (Lipinski definition) is 3. The van der Waals surface area contributed by atoms with Gasteiger partial charge in [-0.15, -0.1) is 0 Å². The molecular formula is C30H40N4O5. The number of carbonyl (C=O) groups excluding carboxylic acids is 2. The van der Waals surface area contributed by atoms with Crippen molar-refractivity contribution < 1.29 is 24.5 Å². The summed E-state index contributed by atoms with van der Waals surface area (Å²) in [5.41, 5.74) is 3.52. The maximum atomic E-state index is 13.4. The van der Waals surface area contributed by atoms with Gasteiger partial charge in [-0.25, -0.2) is 4.79 Å². The second kappa shape index (κ2) is 12.3. The van der Waals surface area contributed by atoms with Crippen molar-refractivity contribution in [1.29, 1.82) is 0 Å². The summed E-state index contributed by atoms with van der Waals surface area (Å²) in [6, 6.07) is 10.3. The summed E-state index contributed by atoms with van der Waals surface area (Å²) in [5, 5.41) is 22.4. The van der Waals surface area contributed by atoms with E-state index in [4.69, 9.17) is 4.74 Å². The number of piperazine rings is 1. The lowest BCUT2D eigenvalue weighted by molar-refractivity contribution is 0.0515. The Kier molecular flexibility index (Phi) is 8.57. The highest BCUT2D eigenvalue weighted by atomic mass is 16.5. The number of carbonyl (C=O) groups is 2. The highest BCUT2D eigenvalue weighted by Crippen LogP contribution is 2.31. The monoisotopic (exact) mass is 536 g/mol. The van der Waals surface area contributed by atoms with Gasteiger partial charge >= 0.3 is 6.03 Å². The summed E-state index contributed by atoms with van der Waals surface area (Å²) in [6.45, 7) is 7.88. The third kappa shape index (κ3) is 7.42. The van der Waals surface area contributed by atoms with E-state index in [0.29, 0.717) is 57.3 Å². The van der Waals surface area contributed by atoms with Crippen LogP contribution in [0.5, 0.6) is 11.5 Å². The fourth-order valence-corrected chi connectivity index (χ4v) is 5.49. The van der Waals surface area contributed by atoms with Gasteiger partial charge < -0.3 is 30.1 Å². The number of rotatable bonds is 9. The first-order valence-corrected chi connectivity index (χ1v) is 14.1. The van der Waals surface area contributed by atoms with E-state index >= 15 is 0 Å². The minimum Gasteiger partial charge on any atom is -0.508 e. The maximum absolute atomic E-state index is 13.4. The molecule has 9 nitrogen and oxygen atoms in total. The van der Waals surface area contributed by atoms with Gasteiger partial charge in [0, 0.05) is 70.6 Å². The normalized spacial score (nSPS) is 19.7. The molecular weight excluding hydrogens is 496 g/mol. The highest BCUT2D eigenvalue weighted by molar-refractivity contribution is 5.94. The van der Waals surface area contributed by atoms with Crippen molar-refractivity contribution in [1.82, 2.24) is 20.0 Å². The molecule has 9 heteroatoms. The van der Waals surface area contributed by atoms with Gasteiger partial charge in [0.1, 0.15) is 11.5 Å². The quantitative estimate of drug-likeness (QED) is 0.453. The van der Waals surface area contributed by atoms with Gasteiger partial charge in [-0.1, -0.05) is 6.07 Å². The number of hydrogen-bond acceptors (Lipinski definition) is 6. The van der Waals surface area contributed by atoms with E-state index < -0.39 is 0 Å². The van der Waals surface area contributed by atoms with Crippen LogP contribution >= 0.6 is 0 Å². The summed E-state index contributed by atoms with van der Waals surface area (Å²) < 4.78 is 5.80. The molecule has 0 aromatic heterocycles. The van der Waals surface area contributed by atoms with Crippen molar-refractivity contribution in [2.24, 2.45) is 5.92 Å². The average molecular weight is 537 g/mol. The Morgan fingerprint density at radius 1 is 1.00 bits per heavy atom. The lowest BCUT2D eigenvalue weighted by Crippen LogP contribution is -2.51. The Morgan fingerprint density at radius 3 is 2.38 bits per heavy atom. The molecule has 1 atom stereocenters. The number of amides is 3. The van der Waals surface area contributed by atoms with Crippen molar-refractivity contribution >= 4 is 11.9 Å². The molecule has 2 aromatic carbocycles. The molecule has 0 spiro atoms. The van der Waals surface area contributed by atoms with Crippen LogP contribution in [0, 0.1) is 12.8 Å². The Morgan fingerprint density at radius 2 is 1.74 bits per heavy atom. The van der Waals surface area contributed by atoms with Crippen LogP contribution in [0.1, 0.15) is 52.7 Å². The third-order valence-corrected chi connectivity index (χ3v) is 7.96. The van der Waals surface area contributed by atoms with E-state index in [1.165, 1.54) is 18.9 Å². The number of phenolic OH excluding ortho intramolecular Hbond substituents is 2. The number of ether oxygens (including phenoxy) is 1. The Labute approximate surface area is 230 Å². The van der Waals surface area contributed by atoms with Crippen LogP contribution in [0.3, 0.4) is 0 Å². The number of nitrogens with zero attached hydrogens (tertiary/aromatic N) is 3. The van der Waals surface area contributed by atoms with Crippen molar-refractivity contribution in [3.8, 4) is 11.5 Å². The molecule has 5 rings (SSSR count). The zero-order chi connectivity index (χ0) is 27.4. The first kappa shape index (κ1) is 27.3. The highest BCUT2D eigenvalue weighted by Gasteiger charge is 2.30. The fourth-order valence-electron chi connectivity index (χ4n) is 5.49. The third-order valence-electron chi connectivity index (χ3n) is 7.96. The SMILES string of the molecule is Cc1cc(C(=O)N(CC2CC2)CC2CCCO2)ccc1CNC(=O)N1CCN(Cc2cc(O)cc(O)c2)CC1. The molecule has 2 heterocycles. The van der Waals surface area contributed by atoms with Crippen LogP contribution in [0.25, 0.3) is 0 Å². The molecule has 2 saturated heterocycles. The summed E-state index contributed by atoms with van der Waals surface area (Å²) in [4.78, 5) is 32.2. The molecule has 210 valence electrons.